The van der Waals surface area contributed by atoms with Gasteiger partial charge in [0.05, 0.1) is 10.1 Å². The van der Waals surface area contributed by atoms with Gasteiger partial charge in [0.1, 0.15) is 6.29 Å². The maximum atomic E-state index is 12.8. The first kappa shape index (κ1) is 14.3. The van der Waals surface area contributed by atoms with E-state index in [1.807, 2.05) is 0 Å². The fourth-order valence-corrected chi connectivity index (χ4v) is 5.30. The van der Waals surface area contributed by atoms with Crippen LogP contribution in [0.4, 0.5) is 0 Å². The predicted octanol–water partition coefficient (Wildman–Crippen LogP) is 2.17. The summed E-state index contributed by atoms with van der Waals surface area (Å²) >= 11 is 0. The second-order valence-electron chi connectivity index (χ2n) is 5.67. The van der Waals surface area contributed by atoms with E-state index in [0.717, 1.165) is 11.8 Å². The number of fused-ring (bicyclic) bond motifs is 1. The Morgan fingerprint density at radius 2 is 1.74 bits per heavy atom. The first-order valence-corrected chi connectivity index (χ1v) is 8.81. The third-order valence-electron chi connectivity index (χ3n) is 4.38. The molecule has 2 aromatic rings. The lowest BCUT2D eigenvalue weighted by molar-refractivity contribution is -0.108. The molecule has 0 spiro atoms. The molecule has 0 aromatic heterocycles. The van der Waals surface area contributed by atoms with Gasteiger partial charge in [0, 0.05) is 11.8 Å². The van der Waals surface area contributed by atoms with Gasteiger partial charge in [-0.1, -0.05) is 24.3 Å². The summed E-state index contributed by atoms with van der Waals surface area (Å²) in [5, 5.41) is -0.720. The normalized spacial score (nSPS) is 25.1. The zero-order valence-electron chi connectivity index (χ0n) is 12.1. The first-order chi connectivity index (χ1) is 11.1. The quantitative estimate of drug-likeness (QED) is 0.804. The number of carbonyl (C=O) groups is 1. The van der Waals surface area contributed by atoms with Crippen LogP contribution in [0.3, 0.4) is 0 Å². The number of sulfone groups is 1. The Bertz CT molecular complexity index is 860. The third kappa shape index (κ3) is 2.21. The van der Waals surface area contributed by atoms with Crippen molar-refractivity contribution in [3.63, 3.8) is 0 Å². The van der Waals surface area contributed by atoms with E-state index in [4.69, 9.17) is 9.47 Å². The van der Waals surface area contributed by atoms with Crippen molar-refractivity contribution in [2.45, 2.75) is 16.1 Å². The lowest BCUT2D eigenvalue weighted by atomic mass is 10.1. The largest absolute Gasteiger partial charge is 0.454 e. The fourth-order valence-electron chi connectivity index (χ4n) is 3.17. The molecule has 0 N–H and O–H groups in total. The van der Waals surface area contributed by atoms with Crippen LogP contribution in [0.5, 0.6) is 11.5 Å². The molecule has 1 aliphatic heterocycles. The van der Waals surface area contributed by atoms with Crippen LogP contribution in [0.2, 0.25) is 0 Å². The molecule has 1 aliphatic carbocycles. The van der Waals surface area contributed by atoms with E-state index in [0.29, 0.717) is 11.5 Å². The van der Waals surface area contributed by atoms with Gasteiger partial charge in [0.15, 0.2) is 21.3 Å². The Morgan fingerprint density at radius 3 is 2.48 bits per heavy atom. The molecule has 6 heteroatoms. The number of ether oxygens (including phenoxy) is 2. The smallest absolute Gasteiger partial charge is 0.231 e. The summed E-state index contributed by atoms with van der Waals surface area (Å²) < 4.78 is 36.1. The summed E-state index contributed by atoms with van der Waals surface area (Å²) in [4.78, 5) is 11.6. The predicted molar refractivity (Wildman–Crippen MR) is 82.3 cm³/mol. The summed E-state index contributed by atoms with van der Waals surface area (Å²) in [5.41, 5.74) is 0.788. The molecule has 1 fully saturated rings. The summed E-state index contributed by atoms with van der Waals surface area (Å²) in [6, 6.07) is 13.6. The molecule has 118 valence electrons. The zero-order valence-corrected chi connectivity index (χ0v) is 12.9. The van der Waals surface area contributed by atoms with Gasteiger partial charge in [0.2, 0.25) is 6.79 Å². The molecule has 0 radical (unpaired) electrons. The van der Waals surface area contributed by atoms with Crippen molar-refractivity contribution in [1.82, 2.24) is 0 Å². The number of carbonyl (C=O) groups excluding carboxylic acids is 1. The van der Waals surface area contributed by atoms with Crippen LogP contribution in [0.15, 0.2) is 53.4 Å². The van der Waals surface area contributed by atoms with Crippen molar-refractivity contribution in [3.05, 3.63) is 54.1 Å². The van der Waals surface area contributed by atoms with Crippen molar-refractivity contribution in [2.75, 3.05) is 6.79 Å². The molecule has 1 heterocycles. The third-order valence-corrected chi connectivity index (χ3v) is 6.63. The molecule has 2 aromatic carbocycles. The van der Waals surface area contributed by atoms with Gasteiger partial charge in [-0.3, -0.25) is 0 Å². The Morgan fingerprint density at radius 1 is 1.00 bits per heavy atom. The van der Waals surface area contributed by atoms with Crippen LogP contribution in [0.25, 0.3) is 0 Å². The monoisotopic (exact) mass is 330 g/mol. The summed E-state index contributed by atoms with van der Waals surface area (Å²) in [6.45, 7) is 0.159. The number of benzene rings is 2. The maximum absolute atomic E-state index is 12.8. The van der Waals surface area contributed by atoms with E-state index in [-0.39, 0.29) is 17.6 Å². The highest BCUT2D eigenvalue weighted by Crippen LogP contribution is 2.54. The van der Waals surface area contributed by atoms with Crippen LogP contribution in [0.1, 0.15) is 11.5 Å². The van der Waals surface area contributed by atoms with Gasteiger partial charge < -0.3 is 14.3 Å². The molecule has 23 heavy (non-hydrogen) atoms. The van der Waals surface area contributed by atoms with Crippen molar-refractivity contribution in [3.8, 4) is 11.5 Å². The highest BCUT2D eigenvalue weighted by molar-refractivity contribution is 7.92. The Labute approximate surface area is 133 Å². The average molecular weight is 330 g/mol. The molecular formula is C17H14O5S. The molecule has 0 unspecified atom stereocenters. The van der Waals surface area contributed by atoms with Crippen LogP contribution < -0.4 is 9.47 Å². The van der Waals surface area contributed by atoms with Gasteiger partial charge in [-0.2, -0.15) is 0 Å². The Kier molecular flexibility index (Phi) is 3.16. The average Bonchev–Trinajstić information content (AvgIpc) is 3.15. The van der Waals surface area contributed by atoms with E-state index in [1.165, 1.54) is 0 Å². The Hall–Kier alpha value is -2.34. The molecule has 0 saturated heterocycles. The van der Waals surface area contributed by atoms with Crippen LogP contribution in [-0.2, 0) is 14.6 Å². The van der Waals surface area contributed by atoms with Gasteiger partial charge in [-0.25, -0.2) is 8.42 Å². The fraction of sp³-hybridized carbons (Fsp3) is 0.235. The van der Waals surface area contributed by atoms with Crippen LogP contribution in [0, 0.1) is 5.92 Å². The summed E-state index contributed by atoms with van der Waals surface area (Å²) in [7, 11) is -3.54. The van der Waals surface area contributed by atoms with E-state index in [9.17, 15) is 13.2 Å². The molecule has 3 atom stereocenters. The first-order valence-electron chi connectivity index (χ1n) is 7.27. The molecule has 0 amide bonds. The Balaban J connectivity index is 1.70. The van der Waals surface area contributed by atoms with Gasteiger partial charge >= 0.3 is 0 Å². The number of rotatable bonds is 4. The van der Waals surface area contributed by atoms with Crippen molar-refractivity contribution in [2.24, 2.45) is 5.92 Å². The second kappa shape index (κ2) is 5.09. The second-order valence-corrected chi connectivity index (χ2v) is 7.78. The number of aldehydes is 1. The lowest BCUT2D eigenvalue weighted by Crippen LogP contribution is -2.10. The molecule has 0 bridgehead atoms. The van der Waals surface area contributed by atoms with E-state index in [2.05, 4.69) is 0 Å². The highest BCUT2D eigenvalue weighted by atomic mass is 32.2. The minimum atomic E-state index is -3.54. The standard InChI is InChI=1S/C17H14O5S/c18-9-13-16(11-6-7-14-15(8-11)22-10-21-14)17(13)23(19,20)12-4-2-1-3-5-12/h1-9,13,16-17H,10H2/t13-,16+,17-/m1/s1. The zero-order chi connectivity index (χ0) is 16.0. The van der Waals surface area contributed by atoms with E-state index in [1.54, 1.807) is 48.5 Å². The van der Waals surface area contributed by atoms with Crippen molar-refractivity contribution in [1.29, 1.82) is 0 Å². The van der Waals surface area contributed by atoms with E-state index < -0.39 is 21.0 Å². The van der Waals surface area contributed by atoms with Crippen LogP contribution >= 0.6 is 0 Å². The summed E-state index contributed by atoms with van der Waals surface area (Å²) in [5.74, 6) is 0.363. The van der Waals surface area contributed by atoms with Gasteiger partial charge in [-0.05, 0) is 29.8 Å². The highest BCUT2D eigenvalue weighted by Gasteiger charge is 2.59. The van der Waals surface area contributed by atoms with E-state index >= 15 is 0 Å². The number of hydrogen-bond donors (Lipinski definition) is 0. The maximum Gasteiger partial charge on any atom is 0.231 e. The topological polar surface area (TPSA) is 69.7 Å². The van der Waals surface area contributed by atoms with Crippen molar-refractivity contribution >= 4 is 16.1 Å². The van der Waals surface area contributed by atoms with Crippen molar-refractivity contribution < 1.29 is 22.7 Å². The SMILES string of the molecule is O=C[C@@H]1[C@H](c2ccc3c(c2)OCO3)[C@@H]1S(=O)(=O)c1ccccc1. The molecular weight excluding hydrogens is 316 g/mol. The van der Waals surface area contributed by atoms with Crippen LogP contribution in [-0.4, -0.2) is 26.7 Å². The molecule has 4 rings (SSSR count). The lowest BCUT2D eigenvalue weighted by Gasteiger charge is -2.04. The van der Waals surface area contributed by atoms with Gasteiger partial charge in [-0.15, -0.1) is 0 Å². The molecule has 5 nitrogen and oxygen atoms in total. The minimum Gasteiger partial charge on any atom is -0.454 e. The molecule has 2 aliphatic rings. The molecule has 1 saturated carbocycles. The number of hydrogen-bond acceptors (Lipinski definition) is 5. The van der Waals surface area contributed by atoms with Gasteiger partial charge in [0.25, 0.3) is 0 Å². The minimum absolute atomic E-state index is 0.159. The summed E-state index contributed by atoms with van der Waals surface area (Å²) in [6.07, 6.45) is 0.737.